The Kier molecular flexibility index (Phi) is 5.89. The van der Waals surface area contributed by atoms with Crippen LogP contribution in [0.15, 0.2) is 10.7 Å². The van der Waals surface area contributed by atoms with Crippen LogP contribution in [0.5, 0.6) is 0 Å². The summed E-state index contributed by atoms with van der Waals surface area (Å²) in [6.07, 6.45) is 9.82. The van der Waals surface area contributed by atoms with Gasteiger partial charge in [0.2, 0.25) is 0 Å². The van der Waals surface area contributed by atoms with E-state index in [0.29, 0.717) is 12.0 Å². The Hall–Kier alpha value is -0.350. The maximum atomic E-state index is 4.50. The summed E-state index contributed by atoms with van der Waals surface area (Å²) in [5.74, 6) is 0.603. The summed E-state index contributed by atoms with van der Waals surface area (Å²) in [5, 5.41) is 8.26. The molecule has 0 amide bonds. The van der Waals surface area contributed by atoms with Gasteiger partial charge in [-0.05, 0) is 48.7 Å². The zero-order valence-electron chi connectivity index (χ0n) is 12.2. The Labute approximate surface area is 125 Å². The third-order valence-electron chi connectivity index (χ3n) is 4.16. The largest absolute Gasteiger partial charge is 0.313 e. The van der Waals surface area contributed by atoms with Crippen molar-refractivity contribution in [1.82, 2.24) is 15.1 Å². The molecule has 0 radical (unpaired) electrons. The lowest BCUT2D eigenvalue weighted by Gasteiger charge is -2.27. The molecule has 2 atom stereocenters. The van der Waals surface area contributed by atoms with E-state index in [0.717, 1.165) is 13.1 Å². The molecule has 1 fully saturated rings. The van der Waals surface area contributed by atoms with Crippen molar-refractivity contribution in [3.05, 3.63) is 16.4 Å². The summed E-state index contributed by atoms with van der Waals surface area (Å²) >= 11 is 3.70. The number of nitrogens with zero attached hydrogens (tertiary/aromatic N) is 2. The number of nitrogens with one attached hydrogen (secondary N) is 1. The zero-order valence-corrected chi connectivity index (χ0v) is 13.7. The highest BCUT2D eigenvalue weighted by Crippen LogP contribution is 2.35. The van der Waals surface area contributed by atoms with Gasteiger partial charge < -0.3 is 5.32 Å². The minimum Gasteiger partial charge on any atom is -0.313 e. The molecule has 0 spiro atoms. The fourth-order valence-corrected chi connectivity index (χ4v) is 3.79. The highest BCUT2D eigenvalue weighted by atomic mass is 79.9. The molecule has 19 heavy (non-hydrogen) atoms. The van der Waals surface area contributed by atoms with Gasteiger partial charge in [0.25, 0.3) is 0 Å². The lowest BCUT2D eigenvalue weighted by atomic mass is 9.91. The Balaban J connectivity index is 2.23. The van der Waals surface area contributed by atoms with E-state index in [4.69, 9.17) is 0 Å². The lowest BCUT2D eigenvalue weighted by molar-refractivity contribution is 0.390. The predicted octanol–water partition coefficient (Wildman–Crippen LogP) is 4.08. The molecule has 3 nitrogen and oxygen atoms in total. The van der Waals surface area contributed by atoms with Crippen LogP contribution in [0.4, 0.5) is 0 Å². The van der Waals surface area contributed by atoms with Crippen LogP contribution in [0.1, 0.15) is 64.0 Å². The van der Waals surface area contributed by atoms with Gasteiger partial charge in [0.05, 0.1) is 16.4 Å². The molecule has 1 aromatic rings. The fourth-order valence-electron chi connectivity index (χ4n) is 3.20. The number of halogens is 1. The topological polar surface area (TPSA) is 29.9 Å². The molecule has 108 valence electrons. The second-order valence-corrected chi connectivity index (χ2v) is 6.35. The van der Waals surface area contributed by atoms with Gasteiger partial charge in [0, 0.05) is 18.5 Å². The molecule has 0 saturated heterocycles. The van der Waals surface area contributed by atoms with Crippen LogP contribution in [0.2, 0.25) is 0 Å². The van der Waals surface area contributed by atoms with Crippen molar-refractivity contribution in [1.29, 1.82) is 0 Å². The van der Waals surface area contributed by atoms with Crippen LogP contribution >= 0.6 is 15.9 Å². The Morgan fingerprint density at radius 1 is 1.32 bits per heavy atom. The highest BCUT2D eigenvalue weighted by Gasteiger charge is 2.28. The molecule has 1 aliphatic carbocycles. The molecule has 0 aromatic carbocycles. The maximum absolute atomic E-state index is 4.50. The van der Waals surface area contributed by atoms with Gasteiger partial charge >= 0.3 is 0 Å². The average molecular weight is 328 g/mol. The standard InChI is InChI=1S/C15H26BrN3/c1-3-10-17-14-9-7-5-6-8-12(14)15-13(16)11-18-19(15)4-2/h11-12,14,17H,3-10H2,1-2H3. The molecule has 2 rings (SSSR count). The number of hydrogen-bond donors (Lipinski definition) is 1. The second-order valence-electron chi connectivity index (χ2n) is 5.50. The van der Waals surface area contributed by atoms with Crippen LogP contribution in [-0.4, -0.2) is 22.4 Å². The van der Waals surface area contributed by atoms with Crippen molar-refractivity contribution in [2.75, 3.05) is 6.54 Å². The molecule has 1 heterocycles. The lowest BCUT2D eigenvalue weighted by Crippen LogP contribution is -2.36. The van der Waals surface area contributed by atoms with Crippen molar-refractivity contribution in [3.8, 4) is 0 Å². The van der Waals surface area contributed by atoms with Gasteiger partial charge in [-0.25, -0.2) is 0 Å². The second kappa shape index (κ2) is 7.44. The smallest absolute Gasteiger partial charge is 0.0635 e. The van der Waals surface area contributed by atoms with E-state index in [1.165, 1.54) is 48.7 Å². The number of aromatic nitrogens is 2. The SMILES string of the molecule is CCCNC1CCCCCC1c1c(Br)cnn1CC. The van der Waals surface area contributed by atoms with Gasteiger partial charge in [-0.1, -0.05) is 26.2 Å². The number of hydrogen-bond acceptors (Lipinski definition) is 2. The van der Waals surface area contributed by atoms with E-state index < -0.39 is 0 Å². The Morgan fingerprint density at radius 3 is 2.84 bits per heavy atom. The molecule has 1 aromatic heterocycles. The molecule has 1 saturated carbocycles. The molecule has 0 bridgehead atoms. The normalized spacial score (nSPS) is 24.4. The highest BCUT2D eigenvalue weighted by molar-refractivity contribution is 9.10. The maximum Gasteiger partial charge on any atom is 0.0635 e. The fraction of sp³-hybridized carbons (Fsp3) is 0.800. The molecular formula is C15H26BrN3. The first-order valence-corrected chi connectivity index (χ1v) is 8.51. The van der Waals surface area contributed by atoms with Crippen LogP contribution in [-0.2, 0) is 6.54 Å². The zero-order chi connectivity index (χ0) is 13.7. The van der Waals surface area contributed by atoms with Gasteiger partial charge in [-0.2, -0.15) is 5.10 Å². The third kappa shape index (κ3) is 3.60. The minimum atomic E-state index is 0.603. The van der Waals surface area contributed by atoms with Crippen molar-refractivity contribution in [3.63, 3.8) is 0 Å². The number of aryl methyl sites for hydroxylation is 1. The van der Waals surface area contributed by atoms with Crippen LogP contribution in [0.25, 0.3) is 0 Å². The monoisotopic (exact) mass is 327 g/mol. The van der Waals surface area contributed by atoms with Crippen LogP contribution < -0.4 is 5.32 Å². The quantitative estimate of drug-likeness (QED) is 0.826. The van der Waals surface area contributed by atoms with E-state index in [1.54, 1.807) is 0 Å². The number of rotatable bonds is 5. The summed E-state index contributed by atoms with van der Waals surface area (Å²) in [6, 6.07) is 0.612. The van der Waals surface area contributed by atoms with E-state index in [9.17, 15) is 0 Å². The molecule has 1 N–H and O–H groups in total. The minimum absolute atomic E-state index is 0.603. The summed E-state index contributed by atoms with van der Waals surface area (Å²) in [5.41, 5.74) is 1.40. The molecular weight excluding hydrogens is 302 g/mol. The Morgan fingerprint density at radius 2 is 2.11 bits per heavy atom. The first-order chi connectivity index (χ1) is 9.27. The summed E-state index contributed by atoms with van der Waals surface area (Å²) in [7, 11) is 0. The van der Waals surface area contributed by atoms with Gasteiger partial charge in [0.1, 0.15) is 0 Å². The van der Waals surface area contributed by atoms with E-state index in [2.05, 4.69) is 44.9 Å². The van der Waals surface area contributed by atoms with Crippen LogP contribution in [0.3, 0.4) is 0 Å². The molecule has 0 aliphatic heterocycles. The molecule has 1 aliphatic rings. The third-order valence-corrected chi connectivity index (χ3v) is 4.77. The van der Waals surface area contributed by atoms with Crippen molar-refractivity contribution < 1.29 is 0 Å². The van der Waals surface area contributed by atoms with Crippen molar-refractivity contribution in [2.45, 2.75) is 70.9 Å². The van der Waals surface area contributed by atoms with E-state index in [1.807, 2.05) is 6.20 Å². The van der Waals surface area contributed by atoms with Gasteiger partial charge in [0.15, 0.2) is 0 Å². The molecule has 2 unspecified atom stereocenters. The van der Waals surface area contributed by atoms with Crippen LogP contribution in [0, 0.1) is 0 Å². The summed E-state index contributed by atoms with van der Waals surface area (Å²) in [4.78, 5) is 0. The predicted molar refractivity (Wildman–Crippen MR) is 83.5 cm³/mol. The van der Waals surface area contributed by atoms with Crippen molar-refractivity contribution >= 4 is 15.9 Å². The summed E-state index contributed by atoms with van der Waals surface area (Å²) < 4.78 is 3.35. The Bertz CT molecular complexity index is 389. The first-order valence-electron chi connectivity index (χ1n) is 7.72. The van der Waals surface area contributed by atoms with E-state index >= 15 is 0 Å². The van der Waals surface area contributed by atoms with Crippen molar-refractivity contribution in [2.24, 2.45) is 0 Å². The van der Waals surface area contributed by atoms with E-state index in [-0.39, 0.29) is 0 Å². The average Bonchev–Trinajstić information content (AvgIpc) is 2.65. The first kappa shape index (κ1) is 15.0. The van der Waals surface area contributed by atoms with Gasteiger partial charge in [-0.3, -0.25) is 4.68 Å². The molecule has 4 heteroatoms. The van der Waals surface area contributed by atoms with Gasteiger partial charge in [-0.15, -0.1) is 0 Å². The summed E-state index contributed by atoms with van der Waals surface area (Å²) in [6.45, 7) is 6.50.